The predicted molar refractivity (Wildman–Crippen MR) is 82.5 cm³/mol. The van der Waals surface area contributed by atoms with E-state index in [-0.39, 0.29) is 35.1 Å². The Morgan fingerprint density at radius 1 is 1.26 bits per heavy atom. The Kier molecular flexibility index (Phi) is 5.41. The molecular weight excluding hydrogens is 322 g/mol. The van der Waals surface area contributed by atoms with Crippen molar-refractivity contribution in [3.8, 4) is 0 Å². The third-order valence-corrected chi connectivity index (χ3v) is 4.97. The van der Waals surface area contributed by atoms with E-state index in [9.17, 15) is 13.2 Å². The molecule has 1 aliphatic heterocycles. The van der Waals surface area contributed by atoms with E-state index < -0.39 is 9.84 Å². The highest BCUT2D eigenvalue weighted by Gasteiger charge is 2.25. The number of ether oxygens (including phenoxy) is 1. The van der Waals surface area contributed by atoms with Gasteiger partial charge in [0.1, 0.15) is 5.75 Å². The molecule has 130 valence electrons. The first kappa shape index (κ1) is 17.9. The summed E-state index contributed by atoms with van der Waals surface area (Å²) in [4.78, 5) is 17.7. The molecule has 1 fully saturated rings. The van der Waals surface area contributed by atoms with Crippen molar-refractivity contribution < 1.29 is 22.5 Å². The second-order valence-electron chi connectivity index (χ2n) is 6.60. The van der Waals surface area contributed by atoms with Crippen LogP contribution in [-0.4, -0.2) is 61.4 Å². The fourth-order valence-electron chi connectivity index (χ4n) is 2.10. The molecule has 0 aliphatic carbocycles. The number of nitrogens with zero attached hydrogens (tertiary/aromatic N) is 3. The number of carbonyl (C=O) groups excluding carboxylic acids is 1. The first-order valence-corrected chi connectivity index (χ1v) is 9.38. The smallest absolute Gasteiger partial charge is 0.232 e. The van der Waals surface area contributed by atoms with E-state index in [1.807, 2.05) is 20.8 Å². The monoisotopic (exact) mass is 345 g/mol. The fraction of sp³-hybridized carbons (Fsp3) is 0.786. The van der Waals surface area contributed by atoms with Crippen LogP contribution < -0.4 is 0 Å². The maximum atomic E-state index is 12.1. The van der Waals surface area contributed by atoms with Crippen LogP contribution in [0.2, 0.25) is 0 Å². The van der Waals surface area contributed by atoms with Crippen molar-refractivity contribution in [2.45, 2.75) is 38.4 Å². The predicted octanol–water partition coefficient (Wildman–Crippen LogP) is 0.531. The topological polar surface area (TPSA) is 103 Å². The molecular formula is C14H23N3O5S. The number of morpholine rings is 1. The van der Waals surface area contributed by atoms with E-state index >= 15 is 0 Å². The molecule has 0 atom stereocenters. The minimum absolute atomic E-state index is 0.0354. The molecule has 1 aromatic rings. The van der Waals surface area contributed by atoms with Gasteiger partial charge >= 0.3 is 0 Å². The maximum Gasteiger partial charge on any atom is 0.232 e. The minimum Gasteiger partial charge on any atom is -0.378 e. The SMILES string of the molecule is CC(C)(C)c1nc(CS(=O)(=O)CCC(=O)N2CCOCC2)no1. The van der Waals surface area contributed by atoms with Crippen LogP contribution in [0.15, 0.2) is 4.52 Å². The van der Waals surface area contributed by atoms with Gasteiger partial charge in [0.15, 0.2) is 15.7 Å². The van der Waals surface area contributed by atoms with Crippen LogP contribution in [0.1, 0.15) is 38.9 Å². The van der Waals surface area contributed by atoms with E-state index in [1.165, 1.54) is 0 Å². The summed E-state index contributed by atoms with van der Waals surface area (Å²) >= 11 is 0. The van der Waals surface area contributed by atoms with Gasteiger partial charge in [0.25, 0.3) is 0 Å². The van der Waals surface area contributed by atoms with Gasteiger partial charge in [-0.25, -0.2) is 8.42 Å². The van der Waals surface area contributed by atoms with E-state index in [4.69, 9.17) is 9.26 Å². The average molecular weight is 345 g/mol. The van der Waals surface area contributed by atoms with Gasteiger partial charge in [-0.2, -0.15) is 4.98 Å². The minimum atomic E-state index is -3.46. The molecule has 0 unspecified atom stereocenters. The summed E-state index contributed by atoms with van der Waals surface area (Å²) in [6.45, 7) is 7.73. The van der Waals surface area contributed by atoms with Gasteiger partial charge in [0.2, 0.25) is 11.8 Å². The van der Waals surface area contributed by atoms with Crippen LogP contribution in [0.3, 0.4) is 0 Å². The second-order valence-corrected chi connectivity index (χ2v) is 8.79. The molecule has 0 saturated carbocycles. The second kappa shape index (κ2) is 6.96. The molecule has 1 aliphatic rings. The van der Waals surface area contributed by atoms with Crippen molar-refractivity contribution in [3.63, 3.8) is 0 Å². The molecule has 2 rings (SSSR count). The van der Waals surface area contributed by atoms with Crippen molar-refractivity contribution in [3.05, 3.63) is 11.7 Å². The summed E-state index contributed by atoms with van der Waals surface area (Å²) in [6, 6.07) is 0. The lowest BCUT2D eigenvalue weighted by atomic mass is 9.97. The molecule has 0 spiro atoms. The van der Waals surface area contributed by atoms with Crippen LogP contribution in [0.5, 0.6) is 0 Å². The van der Waals surface area contributed by atoms with Gasteiger partial charge in [-0.1, -0.05) is 25.9 Å². The highest BCUT2D eigenvalue weighted by Crippen LogP contribution is 2.20. The largest absolute Gasteiger partial charge is 0.378 e. The highest BCUT2D eigenvalue weighted by atomic mass is 32.2. The molecule has 0 aromatic carbocycles. The summed E-state index contributed by atoms with van der Waals surface area (Å²) in [6.07, 6.45) is -0.0354. The number of amides is 1. The lowest BCUT2D eigenvalue weighted by molar-refractivity contribution is -0.134. The fourth-order valence-corrected chi connectivity index (χ4v) is 3.24. The van der Waals surface area contributed by atoms with Gasteiger partial charge in [0.05, 0.1) is 19.0 Å². The van der Waals surface area contributed by atoms with E-state index in [1.54, 1.807) is 4.90 Å². The Morgan fingerprint density at radius 2 is 1.91 bits per heavy atom. The van der Waals surface area contributed by atoms with Gasteiger partial charge in [-0.3, -0.25) is 4.79 Å². The summed E-state index contributed by atoms with van der Waals surface area (Å²) in [7, 11) is -3.46. The summed E-state index contributed by atoms with van der Waals surface area (Å²) < 4.78 is 34.5. The molecule has 2 heterocycles. The molecule has 1 aromatic heterocycles. The Morgan fingerprint density at radius 3 is 2.48 bits per heavy atom. The highest BCUT2D eigenvalue weighted by molar-refractivity contribution is 7.90. The van der Waals surface area contributed by atoms with Crippen molar-refractivity contribution in [2.75, 3.05) is 32.1 Å². The molecule has 0 bridgehead atoms. The van der Waals surface area contributed by atoms with Gasteiger partial charge in [0, 0.05) is 24.9 Å². The van der Waals surface area contributed by atoms with Gasteiger partial charge < -0.3 is 14.2 Å². The summed E-state index contributed by atoms with van der Waals surface area (Å²) in [5, 5.41) is 3.71. The quantitative estimate of drug-likeness (QED) is 0.767. The summed E-state index contributed by atoms with van der Waals surface area (Å²) in [5.41, 5.74) is -0.332. The number of hydrogen-bond donors (Lipinski definition) is 0. The first-order chi connectivity index (χ1) is 10.7. The van der Waals surface area contributed by atoms with E-state index in [0.29, 0.717) is 32.2 Å². The molecule has 1 saturated heterocycles. The zero-order chi connectivity index (χ0) is 17.1. The number of hydrogen-bond acceptors (Lipinski definition) is 7. The summed E-state index contributed by atoms with van der Waals surface area (Å²) in [5.74, 6) is -0.174. The Hall–Kier alpha value is -1.48. The van der Waals surface area contributed by atoms with Crippen LogP contribution in [0.4, 0.5) is 0 Å². The lowest BCUT2D eigenvalue weighted by Gasteiger charge is -2.26. The first-order valence-electron chi connectivity index (χ1n) is 7.56. The van der Waals surface area contributed by atoms with Gasteiger partial charge in [-0.15, -0.1) is 0 Å². The number of sulfone groups is 1. The Labute approximate surface area is 136 Å². The van der Waals surface area contributed by atoms with Crippen molar-refractivity contribution in [1.29, 1.82) is 0 Å². The zero-order valence-electron chi connectivity index (χ0n) is 13.7. The van der Waals surface area contributed by atoms with Gasteiger partial charge in [-0.05, 0) is 0 Å². The van der Waals surface area contributed by atoms with Crippen molar-refractivity contribution in [1.82, 2.24) is 15.0 Å². The van der Waals surface area contributed by atoms with E-state index in [0.717, 1.165) is 0 Å². The molecule has 1 amide bonds. The zero-order valence-corrected chi connectivity index (χ0v) is 14.6. The normalized spacial score (nSPS) is 16.6. The standard InChI is InChI=1S/C14H23N3O5S/c1-14(2,3)13-15-11(16-22-13)10-23(19,20)9-4-12(18)17-5-7-21-8-6-17/h4-10H2,1-3H3. The Balaban J connectivity index is 1.89. The maximum absolute atomic E-state index is 12.1. The molecule has 0 N–H and O–H groups in total. The molecule has 9 heteroatoms. The van der Waals surface area contributed by atoms with Crippen LogP contribution >= 0.6 is 0 Å². The number of aromatic nitrogens is 2. The average Bonchev–Trinajstić information content (AvgIpc) is 2.93. The number of carbonyl (C=O) groups is 1. The third kappa shape index (κ3) is 5.28. The molecule has 8 nitrogen and oxygen atoms in total. The molecule has 23 heavy (non-hydrogen) atoms. The van der Waals surface area contributed by atoms with Crippen LogP contribution in [0.25, 0.3) is 0 Å². The van der Waals surface area contributed by atoms with Crippen LogP contribution in [-0.2, 0) is 30.5 Å². The Bertz CT molecular complexity index is 642. The lowest BCUT2D eigenvalue weighted by Crippen LogP contribution is -2.41. The molecule has 0 radical (unpaired) electrons. The third-order valence-electron chi connectivity index (χ3n) is 3.45. The van der Waals surface area contributed by atoms with Crippen molar-refractivity contribution in [2.24, 2.45) is 0 Å². The van der Waals surface area contributed by atoms with Crippen LogP contribution in [0, 0.1) is 0 Å². The van der Waals surface area contributed by atoms with E-state index in [2.05, 4.69) is 10.1 Å². The number of rotatable bonds is 5. The van der Waals surface area contributed by atoms with Crippen molar-refractivity contribution >= 4 is 15.7 Å².